The van der Waals surface area contributed by atoms with Gasteiger partial charge in [0.15, 0.2) is 0 Å². The van der Waals surface area contributed by atoms with Crippen LogP contribution in [0, 0.1) is 13.8 Å². The van der Waals surface area contributed by atoms with Crippen LogP contribution in [0.15, 0.2) is 65.8 Å². The molecular weight excluding hydrogens is 336 g/mol. The van der Waals surface area contributed by atoms with Gasteiger partial charge in [-0.25, -0.2) is 18.4 Å². The molecule has 0 saturated carbocycles. The molecule has 0 saturated heterocycles. The molecule has 0 atom stereocenters. The van der Waals surface area contributed by atoms with E-state index < -0.39 is 10.0 Å². The van der Waals surface area contributed by atoms with E-state index in [1.807, 2.05) is 19.9 Å². The maximum absolute atomic E-state index is 12.4. The Morgan fingerprint density at radius 3 is 2.12 bits per heavy atom. The molecule has 0 fully saturated rings. The molecule has 0 aliphatic heterocycles. The van der Waals surface area contributed by atoms with Crippen LogP contribution in [0.25, 0.3) is 0 Å². The van der Waals surface area contributed by atoms with Crippen molar-refractivity contribution in [3.63, 3.8) is 0 Å². The Morgan fingerprint density at radius 1 is 0.840 bits per heavy atom. The Labute approximate surface area is 147 Å². The number of benzene rings is 2. The minimum atomic E-state index is -3.60. The summed E-state index contributed by atoms with van der Waals surface area (Å²) >= 11 is 0. The van der Waals surface area contributed by atoms with Gasteiger partial charge in [-0.05, 0) is 50.2 Å². The van der Waals surface area contributed by atoms with Crippen LogP contribution < -0.4 is 10.0 Å². The van der Waals surface area contributed by atoms with Crippen molar-refractivity contribution in [2.75, 3.05) is 10.0 Å². The molecule has 0 aliphatic carbocycles. The van der Waals surface area contributed by atoms with Crippen molar-refractivity contribution in [1.29, 1.82) is 0 Å². The van der Waals surface area contributed by atoms with E-state index in [1.165, 1.54) is 6.33 Å². The quantitative estimate of drug-likeness (QED) is 0.731. The Balaban J connectivity index is 1.73. The van der Waals surface area contributed by atoms with Gasteiger partial charge in [-0.15, -0.1) is 0 Å². The average Bonchev–Trinajstić information content (AvgIpc) is 2.57. The molecule has 7 heteroatoms. The van der Waals surface area contributed by atoms with Crippen molar-refractivity contribution in [3.05, 3.63) is 72.2 Å². The fraction of sp³-hybridized carbons (Fsp3) is 0.111. The van der Waals surface area contributed by atoms with Crippen LogP contribution in [-0.4, -0.2) is 18.4 Å². The number of hydrogen-bond acceptors (Lipinski definition) is 5. The third kappa shape index (κ3) is 4.33. The molecule has 0 radical (unpaired) electrons. The van der Waals surface area contributed by atoms with Gasteiger partial charge in [0.1, 0.15) is 12.1 Å². The van der Waals surface area contributed by atoms with Crippen LogP contribution in [0.2, 0.25) is 0 Å². The average molecular weight is 354 g/mol. The van der Waals surface area contributed by atoms with Gasteiger partial charge in [-0.3, -0.25) is 4.72 Å². The van der Waals surface area contributed by atoms with Crippen molar-refractivity contribution in [2.24, 2.45) is 0 Å². The zero-order chi connectivity index (χ0) is 17.9. The van der Waals surface area contributed by atoms with Gasteiger partial charge < -0.3 is 5.32 Å². The van der Waals surface area contributed by atoms with Crippen LogP contribution in [0.3, 0.4) is 0 Å². The number of hydrogen-bond donors (Lipinski definition) is 2. The second-order valence-electron chi connectivity index (χ2n) is 5.67. The number of aromatic nitrogens is 2. The van der Waals surface area contributed by atoms with Crippen molar-refractivity contribution in [3.8, 4) is 0 Å². The molecule has 25 heavy (non-hydrogen) atoms. The Bertz CT molecular complexity index is 969. The summed E-state index contributed by atoms with van der Waals surface area (Å²) in [6, 6.07) is 15.5. The van der Waals surface area contributed by atoms with Gasteiger partial charge >= 0.3 is 0 Å². The monoisotopic (exact) mass is 354 g/mol. The van der Waals surface area contributed by atoms with E-state index in [0.29, 0.717) is 11.5 Å². The van der Waals surface area contributed by atoms with Gasteiger partial charge in [-0.1, -0.05) is 17.7 Å². The molecule has 128 valence electrons. The Hall–Kier alpha value is -2.93. The lowest BCUT2D eigenvalue weighted by molar-refractivity contribution is 0.601. The third-order valence-electron chi connectivity index (χ3n) is 3.54. The highest BCUT2D eigenvalue weighted by molar-refractivity contribution is 7.92. The van der Waals surface area contributed by atoms with Crippen LogP contribution in [0.1, 0.15) is 11.3 Å². The van der Waals surface area contributed by atoms with Gasteiger partial charge in [0.2, 0.25) is 0 Å². The van der Waals surface area contributed by atoms with Crippen molar-refractivity contribution >= 4 is 27.2 Å². The van der Waals surface area contributed by atoms with E-state index in [1.54, 1.807) is 48.5 Å². The molecular formula is C18H18N4O2S. The number of nitrogens with zero attached hydrogens (tertiary/aromatic N) is 2. The predicted octanol–water partition coefficient (Wildman–Crippen LogP) is 3.64. The second-order valence-corrected chi connectivity index (χ2v) is 7.35. The highest BCUT2D eigenvalue weighted by Crippen LogP contribution is 2.20. The summed E-state index contributed by atoms with van der Waals surface area (Å²) < 4.78 is 27.3. The number of aryl methyl sites for hydroxylation is 2. The smallest absolute Gasteiger partial charge is 0.261 e. The maximum atomic E-state index is 12.4. The van der Waals surface area contributed by atoms with Crippen molar-refractivity contribution < 1.29 is 8.42 Å². The summed E-state index contributed by atoms with van der Waals surface area (Å²) in [7, 11) is -3.60. The van der Waals surface area contributed by atoms with Gasteiger partial charge in [-0.2, -0.15) is 0 Å². The van der Waals surface area contributed by atoms with Crippen molar-refractivity contribution in [1.82, 2.24) is 9.97 Å². The van der Waals surface area contributed by atoms with Crippen LogP contribution in [0.5, 0.6) is 0 Å². The zero-order valence-corrected chi connectivity index (χ0v) is 14.7. The minimum Gasteiger partial charge on any atom is -0.340 e. The van der Waals surface area contributed by atoms with Crippen LogP contribution in [-0.2, 0) is 10.0 Å². The lowest BCUT2D eigenvalue weighted by atomic mass is 10.2. The minimum absolute atomic E-state index is 0.233. The predicted molar refractivity (Wildman–Crippen MR) is 98.5 cm³/mol. The van der Waals surface area contributed by atoms with E-state index in [0.717, 1.165) is 16.9 Å². The molecule has 2 N–H and O–H groups in total. The Kier molecular flexibility index (Phi) is 4.67. The SMILES string of the molecule is Cc1ccc(S(=O)(=O)Nc2ccc(Nc3cc(C)ncn3)cc2)cc1. The first kappa shape index (κ1) is 16.9. The normalized spacial score (nSPS) is 11.1. The van der Waals surface area contributed by atoms with E-state index in [2.05, 4.69) is 20.0 Å². The van der Waals surface area contributed by atoms with Crippen molar-refractivity contribution in [2.45, 2.75) is 18.7 Å². The molecule has 2 aromatic carbocycles. The fourth-order valence-electron chi connectivity index (χ4n) is 2.22. The molecule has 0 aliphatic rings. The summed E-state index contributed by atoms with van der Waals surface area (Å²) in [5.74, 6) is 0.681. The van der Waals surface area contributed by atoms with E-state index in [-0.39, 0.29) is 4.90 Å². The topological polar surface area (TPSA) is 84.0 Å². The standard InChI is InChI=1S/C18H18N4O2S/c1-13-3-9-17(10-4-13)25(23,24)22-16-7-5-15(6-8-16)21-18-11-14(2)19-12-20-18/h3-12,22H,1-2H3,(H,19,20,21). The summed E-state index contributed by atoms with van der Waals surface area (Å²) in [6.07, 6.45) is 1.49. The highest BCUT2D eigenvalue weighted by Gasteiger charge is 2.13. The fourth-order valence-corrected chi connectivity index (χ4v) is 3.28. The van der Waals surface area contributed by atoms with E-state index in [4.69, 9.17) is 0 Å². The molecule has 3 aromatic rings. The summed E-state index contributed by atoms with van der Waals surface area (Å²) in [6.45, 7) is 3.80. The third-order valence-corrected chi connectivity index (χ3v) is 4.94. The first-order valence-corrected chi connectivity index (χ1v) is 9.16. The highest BCUT2D eigenvalue weighted by atomic mass is 32.2. The largest absolute Gasteiger partial charge is 0.340 e. The van der Waals surface area contributed by atoms with Gasteiger partial charge in [0.25, 0.3) is 10.0 Å². The Morgan fingerprint density at radius 2 is 1.48 bits per heavy atom. The molecule has 6 nitrogen and oxygen atoms in total. The molecule has 0 spiro atoms. The lowest BCUT2D eigenvalue weighted by Crippen LogP contribution is -2.12. The zero-order valence-electron chi connectivity index (χ0n) is 13.9. The summed E-state index contributed by atoms with van der Waals surface area (Å²) in [5, 5.41) is 3.14. The van der Waals surface area contributed by atoms with Crippen LogP contribution >= 0.6 is 0 Å². The summed E-state index contributed by atoms with van der Waals surface area (Å²) in [4.78, 5) is 8.41. The number of sulfonamides is 1. The van der Waals surface area contributed by atoms with Crippen LogP contribution in [0.4, 0.5) is 17.2 Å². The second kappa shape index (κ2) is 6.90. The number of anilines is 3. The number of nitrogens with one attached hydrogen (secondary N) is 2. The maximum Gasteiger partial charge on any atom is 0.261 e. The molecule has 0 unspecified atom stereocenters. The molecule has 0 bridgehead atoms. The lowest BCUT2D eigenvalue weighted by Gasteiger charge is -2.10. The molecule has 1 heterocycles. The number of rotatable bonds is 5. The molecule has 1 aromatic heterocycles. The summed E-state index contributed by atoms with van der Waals surface area (Å²) in [5.41, 5.74) is 3.16. The van der Waals surface area contributed by atoms with Gasteiger partial charge in [0.05, 0.1) is 4.90 Å². The van der Waals surface area contributed by atoms with E-state index >= 15 is 0 Å². The first-order valence-electron chi connectivity index (χ1n) is 7.68. The first-order chi connectivity index (χ1) is 11.9. The van der Waals surface area contributed by atoms with E-state index in [9.17, 15) is 8.42 Å². The van der Waals surface area contributed by atoms with Gasteiger partial charge in [0, 0.05) is 23.1 Å². The molecule has 3 rings (SSSR count). The molecule has 0 amide bonds.